The van der Waals surface area contributed by atoms with Crippen molar-refractivity contribution in [3.05, 3.63) is 0 Å². The highest BCUT2D eigenvalue weighted by Crippen LogP contribution is 2.11. The third-order valence-corrected chi connectivity index (χ3v) is 3.22. The first-order valence-electron chi connectivity index (χ1n) is 5.08. The largest absolute Gasteiger partial charge is 0.338 e. The van der Waals surface area contributed by atoms with E-state index >= 15 is 0 Å². The third-order valence-electron chi connectivity index (χ3n) is 2.04. The second kappa shape index (κ2) is 6.68. The van der Waals surface area contributed by atoms with Crippen LogP contribution in [0.15, 0.2) is 0 Å². The van der Waals surface area contributed by atoms with Crippen molar-refractivity contribution >= 4 is 23.7 Å². The van der Waals surface area contributed by atoms with Crippen LogP contribution in [0.2, 0.25) is 0 Å². The van der Waals surface area contributed by atoms with Gasteiger partial charge in [-0.25, -0.2) is 4.79 Å². The molecule has 0 atom stereocenters. The van der Waals surface area contributed by atoms with E-state index in [1.165, 1.54) is 0 Å². The number of thioether (sulfide) groups is 1. The van der Waals surface area contributed by atoms with E-state index in [1.54, 1.807) is 11.8 Å². The number of amides is 3. The monoisotopic (exact) mass is 231 g/mol. The van der Waals surface area contributed by atoms with E-state index in [2.05, 4.69) is 16.0 Å². The zero-order valence-corrected chi connectivity index (χ0v) is 9.65. The maximum atomic E-state index is 11.2. The topological polar surface area (TPSA) is 70.2 Å². The van der Waals surface area contributed by atoms with E-state index in [0.29, 0.717) is 18.2 Å². The van der Waals surface area contributed by atoms with Gasteiger partial charge in [0.1, 0.15) is 0 Å². The van der Waals surface area contributed by atoms with Crippen LogP contribution in [0.25, 0.3) is 0 Å². The second-order valence-corrected chi connectivity index (χ2v) is 4.48. The normalized spacial score (nSPS) is 15.5. The molecule has 1 aliphatic heterocycles. The number of hydrogen-bond acceptors (Lipinski definition) is 4. The SMILES string of the molecule is CCNC(=O)NC(=O)CSCC1CNC1. The Balaban J connectivity index is 1.99. The van der Waals surface area contributed by atoms with Crippen molar-refractivity contribution in [1.82, 2.24) is 16.0 Å². The number of carbonyl (C=O) groups excluding carboxylic acids is 2. The average Bonchev–Trinajstić information content (AvgIpc) is 2.09. The number of nitrogens with one attached hydrogen (secondary N) is 3. The first kappa shape index (κ1) is 12.3. The van der Waals surface area contributed by atoms with E-state index in [4.69, 9.17) is 0 Å². The van der Waals surface area contributed by atoms with Crippen LogP contribution in [0.4, 0.5) is 4.79 Å². The minimum atomic E-state index is -0.409. The molecule has 1 rings (SSSR count). The summed E-state index contributed by atoms with van der Waals surface area (Å²) >= 11 is 1.57. The maximum Gasteiger partial charge on any atom is 0.321 e. The Morgan fingerprint density at radius 1 is 1.47 bits per heavy atom. The van der Waals surface area contributed by atoms with E-state index in [0.717, 1.165) is 18.8 Å². The fourth-order valence-corrected chi connectivity index (χ4v) is 2.10. The summed E-state index contributed by atoms with van der Waals surface area (Å²) in [4.78, 5) is 22.2. The molecule has 5 nitrogen and oxygen atoms in total. The van der Waals surface area contributed by atoms with Crippen LogP contribution in [0.3, 0.4) is 0 Å². The summed E-state index contributed by atoms with van der Waals surface area (Å²) in [5, 5.41) is 7.94. The molecule has 1 aliphatic rings. The van der Waals surface area contributed by atoms with Crippen LogP contribution >= 0.6 is 11.8 Å². The summed E-state index contributed by atoms with van der Waals surface area (Å²) in [6.45, 7) is 4.43. The lowest BCUT2D eigenvalue weighted by atomic mass is 10.1. The standard InChI is InChI=1S/C9H17N3O2S/c1-2-11-9(14)12-8(13)6-15-5-7-3-10-4-7/h7,10H,2-6H2,1H3,(H2,11,12,13,14). The molecule has 1 fully saturated rings. The lowest BCUT2D eigenvalue weighted by Crippen LogP contribution is -2.44. The zero-order chi connectivity index (χ0) is 11.1. The number of imide groups is 1. The Hall–Kier alpha value is -0.750. The Kier molecular flexibility index (Phi) is 5.49. The van der Waals surface area contributed by atoms with Gasteiger partial charge in [0.05, 0.1) is 5.75 Å². The van der Waals surface area contributed by atoms with Crippen molar-refractivity contribution in [2.75, 3.05) is 31.1 Å². The molecular weight excluding hydrogens is 214 g/mol. The summed E-state index contributed by atoms with van der Waals surface area (Å²) in [5.41, 5.74) is 0. The van der Waals surface area contributed by atoms with Gasteiger partial charge < -0.3 is 10.6 Å². The van der Waals surface area contributed by atoms with Crippen molar-refractivity contribution in [3.8, 4) is 0 Å². The van der Waals surface area contributed by atoms with Crippen molar-refractivity contribution in [1.29, 1.82) is 0 Å². The van der Waals surface area contributed by atoms with Gasteiger partial charge in [-0.05, 0) is 31.7 Å². The number of rotatable bonds is 5. The highest BCUT2D eigenvalue weighted by molar-refractivity contribution is 7.99. The molecule has 15 heavy (non-hydrogen) atoms. The van der Waals surface area contributed by atoms with Crippen LogP contribution in [-0.4, -0.2) is 43.1 Å². The summed E-state index contributed by atoms with van der Waals surface area (Å²) in [7, 11) is 0. The Morgan fingerprint density at radius 3 is 2.73 bits per heavy atom. The van der Waals surface area contributed by atoms with Crippen LogP contribution in [-0.2, 0) is 4.79 Å². The predicted octanol–water partition coefficient (Wildman–Crippen LogP) is -0.215. The molecule has 0 bridgehead atoms. The van der Waals surface area contributed by atoms with Gasteiger partial charge in [0.15, 0.2) is 0 Å². The van der Waals surface area contributed by atoms with Gasteiger partial charge in [-0.1, -0.05) is 0 Å². The molecule has 0 saturated carbocycles. The van der Waals surface area contributed by atoms with Crippen LogP contribution in [0.5, 0.6) is 0 Å². The highest BCUT2D eigenvalue weighted by atomic mass is 32.2. The molecule has 3 N–H and O–H groups in total. The van der Waals surface area contributed by atoms with E-state index in [-0.39, 0.29) is 5.91 Å². The summed E-state index contributed by atoms with van der Waals surface area (Å²) < 4.78 is 0. The quantitative estimate of drug-likeness (QED) is 0.612. The first-order valence-corrected chi connectivity index (χ1v) is 6.24. The van der Waals surface area contributed by atoms with Gasteiger partial charge in [0.2, 0.25) is 5.91 Å². The lowest BCUT2D eigenvalue weighted by Gasteiger charge is -2.26. The molecule has 0 unspecified atom stereocenters. The fraction of sp³-hybridized carbons (Fsp3) is 0.778. The molecule has 6 heteroatoms. The Bertz CT molecular complexity index is 231. The Labute approximate surface area is 93.7 Å². The van der Waals surface area contributed by atoms with Crippen molar-refractivity contribution in [3.63, 3.8) is 0 Å². The van der Waals surface area contributed by atoms with E-state index in [9.17, 15) is 9.59 Å². The minimum Gasteiger partial charge on any atom is -0.338 e. The summed E-state index contributed by atoms with van der Waals surface area (Å²) in [6.07, 6.45) is 0. The molecule has 0 aromatic rings. The van der Waals surface area contributed by atoms with Crippen molar-refractivity contribution < 1.29 is 9.59 Å². The molecule has 0 spiro atoms. The van der Waals surface area contributed by atoms with Crippen molar-refractivity contribution in [2.24, 2.45) is 5.92 Å². The number of urea groups is 1. The minimum absolute atomic E-state index is 0.224. The summed E-state index contributed by atoms with van der Waals surface area (Å²) in [6, 6.07) is -0.409. The molecular formula is C9H17N3O2S. The van der Waals surface area contributed by atoms with E-state index < -0.39 is 6.03 Å². The highest BCUT2D eigenvalue weighted by Gasteiger charge is 2.16. The first-order chi connectivity index (χ1) is 7.22. The average molecular weight is 231 g/mol. The predicted molar refractivity (Wildman–Crippen MR) is 60.9 cm³/mol. The van der Waals surface area contributed by atoms with Gasteiger partial charge in [0, 0.05) is 6.54 Å². The van der Waals surface area contributed by atoms with Crippen LogP contribution < -0.4 is 16.0 Å². The molecule has 3 amide bonds. The third kappa shape index (κ3) is 5.03. The van der Waals surface area contributed by atoms with Crippen molar-refractivity contribution in [2.45, 2.75) is 6.92 Å². The number of hydrogen-bond donors (Lipinski definition) is 3. The molecule has 0 radical (unpaired) electrons. The van der Waals surface area contributed by atoms with Gasteiger partial charge >= 0.3 is 6.03 Å². The van der Waals surface area contributed by atoms with Gasteiger partial charge in [0.25, 0.3) is 0 Å². The Morgan fingerprint density at radius 2 is 2.20 bits per heavy atom. The van der Waals surface area contributed by atoms with Gasteiger partial charge in [-0.2, -0.15) is 11.8 Å². The fourth-order valence-electron chi connectivity index (χ4n) is 1.15. The van der Waals surface area contributed by atoms with Crippen LogP contribution in [0, 0.1) is 5.92 Å². The molecule has 0 aromatic carbocycles. The smallest absolute Gasteiger partial charge is 0.321 e. The van der Waals surface area contributed by atoms with Gasteiger partial charge in [-0.15, -0.1) is 0 Å². The molecule has 1 saturated heterocycles. The van der Waals surface area contributed by atoms with Gasteiger partial charge in [-0.3, -0.25) is 10.1 Å². The van der Waals surface area contributed by atoms with E-state index in [1.807, 2.05) is 6.92 Å². The lowest BCUT2D eigenvalue weighted by molar-refractivity contribution is -0.117. The second-order valence-electron chi connectivity index (χ2n) is 3.45. The zero-order valence-electron chi connectivity index (χ0n) is 8.84. The maximum absolute atomic E-state index is 11.2. The molecule has 0 aromatic heterocycles. The van der Waals surface area contributed by atoms with Crippen LogP contribution in [0.1, 0.15) is 6.92 Å². The summed E-state index contributed by atoms with van der Waals surface area (Å²) in [5.74, 6) is 1.80. The molecule has 1 heterocycles. The number of carbonyl (C=O) groups is 2. The molecule has 86 valence electrons. The molecule has 0 aliphatic carbocycles.